The second-order valence-electron chi connectivity index (χ2n) is 1.42. The maximum Gasteiger partial charge on any atom is 0.342 e. The summed E-state index contributed by atoms with van der Waals surface area (Å²) in [5.41, 5.74) is 0. The van der Waals surface area contributed by atoms with Crippen molar-refractivity contribution in [1.82, 2.24) is 0 Å². The molecule has 0 saturated carbocycles. The third kappa shape index (κ3) is 18.9. The Hall–Kier alpha value is 0.302. The molecule has 0 aromatic rings. The third-order valence-corrected chi connectivity index (χ3v) is 1.14. The second kappa shape index (κ2) is 10.4. The van der Waals surface area contributed by atoms with Crippen LogP contribution in [0.15, 0.2) is 22.1 Å². The molecule has 7 heteroatoms. The summed E-state index contributed by atoms with van der Waals surface area (Å²) in [6, 6.07) is 0. The van der Waals surface area contributed by atoms with Crippen molar-refractivity contribution < 1.29 is 47.1 Å². The summed E-state index contributed by atoms with van der Waals surface area (Å²) in [5.74, 6) is -2.04. The molecule has 0 heterocycles. The van der Waals surface area contributed by atoms with Gasteiger partial charge in [-0.25, -0.2) is 9.59 Å². The Morgan fingerprint density at radius 1 is 0.923 bits per heavy atom. The smallest absolute Gasteiger partial charge is 0.342 e. The normalized spacial score (nSPS) is 6.92. The van der Waals surface area contributed by atoms with Crippen molar-refractivity contribution in [2.75, 3.05) is 0 Å². The first-order valence-corrected chi connectivity index (χ1v) is 4.03. The molecule has 0 amide bonds. The molecule has 0 aromatic heterocycles. The molecule has 0 aromatic carbocycles. The van der Waals surface area contributed by atoms with E-state index in [1.54, 1.807) is 0 Å². The van der Waals surface area contributed by atoms with E-state index in [-0.39, 0.29) is 36.3 Å². The first-order valence-electron chi connectivity index (χ1n) is 2.44. The number of halogens is 2. The number of aliphatic carboxylic acids is 2. The van der Waals surface area contributed by atoms with Gasteiger partial charge in [-0.1, -0.05) is 13.2 Å². The van der Waals surface area contributed by atoms with Gasteiger partial charge in [0.25, 0.3) is 0 Å². The van der Waals surface area contributed by atoms with E-state index in [4.69, 9.17) is 10.2 Å². The summed E-state index contributed by atoms with van der Waals surface area (Å²) >= 11 is 5.29. The predicted octanol–water partition coefficient (Wildman–Crippen LogP) is 1.96. The van der Waals surface area contributed by atoms with Gasteiger partial charge in [0, 0.05) is 27.3 Å². The number of carbonyl (C=O) groups is 2. The van der Waals surface area contributed by atoms with Crippen molar-refractivity contribution in [3.05, 3.63) is 22.1 Å². The molecule has 0 spiro atoms. The maximum atomic E-state index is 9.55. The van der Waals surface area contributed by atoms with E-state index in [2.05, 4.69) is 45.0 Å². The molecule has 0 bridgehead atoms. The molecule has 70 valence electrons. The van der Waals surface area contributed by atoms with Gasteiger partial charge < -0.3 is 10.2 Å². The fraction of sp³-hybridized carbons (Fsp3) is 0. The van der Waals surface area contributed by atoms with Crippen LogP contribution < -0.4 is 0 Å². The van der Waals surface area contributed by atoms with Crippen LogP contribution in [0.4, 0.5) is 0 Å². The Bertz CT molecular complexity index is 179. The zero-order valence-corrected chi connectivity index (χ0v) is 13.8. The van der Waals surface area contributed by atoms with Crippen LogP contribution in [-0.2, 0) is 36.9 Å². The van der Waals surface area contributed by atoms with E-state index in [0.717, 1.165) is 0 Å². The summed E-state index contributed by atoms with van der Waals surface area (Å²) in [6.45, 7) is 6.14. The van der Waals surface area contributed by atoms with Gasteiger partial charge in [-0.05, 0) is 31.9 Å². The van der Waals surface area contributed by atoms with E-state index in [1.165, 1.54) is 0 Å². The number of hydrogen-bond acceptors (Lipinski definition) is 2. The topological polar surface area (TPSA) is 74.6 Å². The molecule has 0 aliphatic rings. The molecule has 4 nitrogen and oxygen atoms in total. The monoisotopic (exact) mass is 414 g/mol. The van der Waals surface area contributed by atoms with Gasteiger partial charge in [0.05, 0.1) is 8.96 Å². The minimum absolute atomic E-state index is 0. The van der Waals surface area contributed by atoms with Gasteiger partial charge in [-0.3, -0.25) is 0 Å². The van der Waals surface area contributed by atoms with Crippen LogP contribution >= 0.6 is 31.9 Å². The Morgan fingerprint density at radius 2 is 1.00 bits per heavy atom. The molecule has 0 unspecified atom stereocenters. The Kier molecular flexibility index (Phi) is 15.2. The SMILES string of the molecule is C=C(Br)C(=O)O.C=C(Br)C(=O)O.[Cd]. The molecular formula is C6H6Br2CdO4. The summed E-state index contributed by atoms with van der Waals surface area (Å²) in [7, 11) is 0. The Morgan fingerprint density at radius 3 is 1.00 bits per heavy atom. The molecule has 2 N–H and O–H groups in total. The zero-order chi connectivity index (χ0) is 10.3. The average molecular weight is 414 g/mol. The average Bonchev–Trinajstić information content (AvgIpc) is 1.88. The molecule has 0 aliphatic heterocycles. The molecule has 0 aliphatic carbocycles. The fourth-order valence-corrected chi connectivity index (χ4v) is 0. The summed E-state index contributed by atoms with van der Waals surface area (Å²) in [6.07, 6.45) is 0. The van der Waals surface area contributed by atoms with E-state index >= 15 is 0 Å². The summed E-state index contributed by atoms with van der Waals surface area (Å²) in [4.78, 5) is 19.1. The van der Waals surface area contributed by atoms with Crippen molar-refractivity contribution in [3.63, 3.8) is 0 Å². The van der Waals surface area contributed by atoms with Crippen molar-refractivity contribution in [1.29, 1.82) is 0 Å². The van der Waals surface area contributed by atoms with Crippen LogP contribution in [0.2, 0.25) is 0 Å². The van der Waals surface area contributed by atoms with Crippen LogP contribution in [0.5, 0.6) is 0 Å². The minimum atomic E-state index is -1.02. The Balaban J connectivity index is -0.000000143. The molecule has 0 saturated heterocycles. The van der Waals surface area contributed by atoms with Crippen molar-refractivity contribution in [2.45, 2.75) is 0 Å². The van der Waals surface area contributed by atoms with E-state index in [1.807, 2.05) is 0 Å². The van der Waals surface area contributed by atoms with Crippen LogP contribution in [0, 0.1) is 0 Å². The maximum absolute atomic E-state index is 9.55. The van der Waals surface area contributed by atoms with Crippen LogP contribution in [-0.4, -0.2) is 22.2 Å². The number of rotatable bonds is 2. The molecular weight excluding hydrogens is 408 g/mol. The quantitative estimate of drug-likeness (QED) is 0.535. The largest absolute Gasteiger partial charge is 0.477 e. The van der Waals surface area contributed by atoms with E-state index in [0.29, 0.717) is 0 Å². The molecule has 0 rings (SSSR count). The van der Waals surface area contributed by atoms with Gasteiger partial charge >= 0.3 is 11.9 Å². The van der Waals surface area contributed by atoms with Gasteiger partial charge in [0.1, 0.15) is 0 Å². The number of carboxylic acids is 2. The summed E-state index contributed by atoms with van der Waals surface area (Å²) < 4.78 is -0.0231. The molecule has 0 atom stereocenters. The number of hydrogen-bond donors (Lipinski definition) is 2. The first-order chi connectivity index (χ1) is 5.29. The van der Waals surface area contributed by atoms with Gasteiger partial charge in [0.2, 0.25) is 0 Å². The van der Waals surface area contributed by atoms with Crippen LogP contribution in [0.1, 0.15) is 0 Å². The first kappa shape index (κ1) is 19.0. The zero-order valence-electron chi connectivity index (χ0n) is 6.59. The third-order valence-electron chi connectivity index (χ3n) is 0.464. The minimum Gasteiger partial charge on any atom is -0.477 e. The summed E-state index contributed by atoms with van der Waals surface area (Å²) in [5, 5.41) is 15.7. The Labute approximate surface area is 112 Å². The van der Waals surface area contributed by atoms with Crippen molar-refractivity contribution in [2.24, 2.45) is 0 Å². The molecule has 0 radical (unpaired) electrons. The van der Waals surface area contributed by atoms with Crippen LogP contribution in [0.25, 0.3) is 0 Å². The van der Waals surface area contributed by atoms with Gasteiger partial charge in [-0.2, -0.15) is 0 Å². The fourth-order valence-electron chi connectivity index (χ4n) is 0. The standard InChI is InChI=1S/2C3H3BrO2.Cd/c2*1-2(4)3(5)6;/h2*1H2,(H,5,6);. The van der Waals surface area contributed by atoms with Gasteiger partial charge in [-0.15, -0.1) is 0 Å². The van der Waals surface area contributed by atoms with E-state index < -0.39 is 11.9 Å². The van der Waals surface area contributed by atoms with Crippen molar-refractivity contribution in [3.8, 4) is 0 Å². The second-order valence-corrected chi connectivity index (χ2v) is 3.33. The van der Waals surface area contributed by atoms with E-state index in [9.17, 15) is 9.59 Å². The number of carboxylic acid groups (broad SMARTS) is 2. The molecule has 0 fully saturated rings. The van der Waals surface area contributed by atoms with Crippen molar-refractivity contribution >= 4 is 43.8 Å². The van der Waals surface area contributed by atoms with Gasteiger partial charge in [0.15, 0.2) is 0 Å². The molecule has 13 heavy (non-hydrogen) atoms. The predicted molar refractivity (Wildman–Crippen MR) is 51.4 cm³/mol. The van der Waals surface area contributed by atoms with Crippen LogP contribution in [0.3, 0.4) is 0 Å².